The molecule has 0 fully saturated rings. The molecule has 2 atom stereocenters. The molecular weight excluding hydrogens is 371 g/mol. The number of rotatable bonds is 4. The Balaban J connectivity index is 3.41. The highest BCUT2D eigenvalue weighted by Crippen LogP contribution is 2.58. The first-order valence-electron chi connectivity index (χ1n) is 8.19. The Morgan fingerprint density at radius 2 is 1.72 bits per heavy atom. The Kier molecular flexibility index (Phi) is 7.04. The van der Waals surface area contributed by atoms with Crippen molar-refractivity contribution < 1.29 is 18.8 Å². The largest absolute Gasteiger partial charge is 0.459 e. The van der Waals surface area contributed by atoms with Crippen molar-refractivity contribution in [3.63, 3.8) is 0 Å². The fraction of sp³-hybridized carbons (Fsp3) is 0.750. The molecule has 0 N–H and O–H groups in total. The Labute approximate surface area is 155 Å². The van der Waals surface area contributed by atoms with E-state index in [1.165, 1.54) is 14.2 Å². The first-order chi connectivity index (χ1) is 11.3. The number of hydrogen-bond donors (Lipinski definition) is 0. The zero-order valence-electron chi connectivity index (χ0n) is 17.1. The number of likely N-dealkylation sites (N-methyl/N-ethyl adjacent to an activating group) is 1. The van der Waals surface area contributed by atoms with Crippen molar-refractivity contribution in [3.8, 4) is 11.8 Å². The van der Waals surface area contributed by atoms with E-state index >= 15 is 0 Å². The number of esters is 1. The van der Waals surface area contributed by atoms with Crippen LogP contribution in [-0.2, 0) is 18.8 Å². The molecule has 0 radical (unpaired) electrons. The van der Waals surface area contributed by atoms with E-state index in [0.717, 1.165) is 0 Å². The summed E-state index contributed by atoms with van der Waals surface area (Å²) in [7, 11) is 2.43. The van der Waals surface area contributed by atoms with Crippen LogP contribution in [0.3, 0.4) is 0 Å². The van der Waals surface area contributed by atoms with Gasteiger partial charge >= 0.3 is 5.97 Å². The molecule has 9 heteroatoms. The Morgan fingerprint density at radius 3 is 2.08 bits per heavy atom. The summed E-state index contributed by atoms with van der Waals surface area (Å²) >= 11 is 0. The molecule has 1 heterocycles. The van der Waals surface area contributed by atoms with Crippen LogP contribution >= 0.6 is 8.30 Å². The van der Waals surface area contributed by atoms with Crippen LogP contribution in [0.25, 0.3) is 0 Å². The summed E-state index contributed by atoms with van der Waals surface area (Å²) in [5, 5.41) is 0. The zero-order valence-corrected chi connectivity index (χ0v) is 19.9. The molecule has 142 valence electrons. The van der Waals surface area contributed by atoms with E-state index < -0.39 is 36.2 Å². The molecule has 0 aromatic carbocycles. The number of methoxy groups -OCH3 is 2. The predicted octanol–water partition coefficient (Wildman–Crippen LogP) is 2.93. The fourth-order valence-electron chi connectivity index (χ4n) is 3.25. The molecule has 0 aromatic rings. The van der Waals surface area contributed by atoms with Crippen molar-refractivity contribution in [3.05, 3.63) is 0 Å². The van der Waals surface area contributed by atoms with Gasteiger partial charge in [-0.1, -0.05) is 39.3 Å². The molecule has 25 heavy (non-hydrogen) atoms. The van der Waals surface area contributed by atoms with Crippen LogP contribution in [0, 0.1) is 11.8 Å². The van der Waals surface area contributed by atoms with E-state index in [1.807, 2.05) is 19.0 Å². The van der Waals surface area contributed by atoms with Crippen molar-refractivity contribution >= 4 is 36.3 Å². The highest BCUT2D eigenvalue weighted by atomic mass is 31.2. The van der Waals surface area contributed by atoms with E-state index in [9.17, 15) is 4.79 Å². The van der Waals surface area contributed by atoms with Crippen LogP contribution in [0.2, 0.25) is 39.3 Å². The van der Waals surface area contributed by atoms with Crippen molar-refractivity contribution in [2.75, 3.05) is 28.3 Å². The highest BCUT2D eigenvalue weighted by molar-refractivity contribution is 7.60. The van der Waals surface area contributed by atoms with Crippen LogP contribution in [0.15, 0.2) is 4.76 Å². The van der Waals surface area contributed by atoms with Gasteiger partial charge in [0.15, 0.2) is 14.1 Å². The standard InChI is InChI=1S/C16H31N2O4PSi2/c1-18(2)14-16(21-4,12-11-13(19)20-3)22-23(17-14)15(24(5,6)7)25(8,9)10/h15H,1-10H3. The van der Waals surface area contributed by atoms with Gasteiger partial charge in [0.05, 0.1) is 23.3 Å². The van der Waals surface area contributed by atoms with Crippen LogP contribution < -0.4 is 0 Å². The Hall–Kier alpha value is -0.716. The van der Waals surface area contributed by atoms with Crippen molar-refractivity contribution in [1.82, 2.24) is 4.90 Å². The molecule has 0 spiro atoms. The summed E-state index contributed by atoms with van der Waals surface area (Å²) in [5.41, 5.74) is 0. The molecule has 1 rings (SSSR count). The van der Waals surface area contributed by atoms with Gasteiger partial charge in [0.1, 0.15) is 0 Å². The number of carbonyl (C=O) groups excluding carboxylic acids is 1. The normalized spacial score (nSPS) is 23.8. The summed E-state index contributed by atoms with van der Waals surface area (Å²) in [4.78, 5) is 13.8. The van der Waals surface area contributed by atoms with Gasteiger partial charge in [-0.25, -0.2) is 9.56 Å². The fourth-order valence-corrected chi connectivity index (χ4v) is 20.8. The molecule has 0 saturated carbocycles. The lowest BCUT2D eigenvalue weighted by atomic mass is 10.2. The summed E-state index contributed by atoms with van der Waals surface area (Å²) in [5.74, 6) is 3.94. The van der Waals surface area contributed by atoms with E-state index in [-0.39, 0.29) is 0 Å². The monoisotopic (exact) mass is 402 g/mol. The molecular formula is C16H31N2O4PSi2. The first kappa shape index (κ1) is 22.3. The van der Waals surface area contributed by atoms with Crippen LogP contribution in [0.1, 0.15) is 0 Å². The average molecular weight is 403 g/mol. The average Bonchev–Trinajstić information content (AvgIpc) is 2.81. The third-order valence-electron chi connectivity index (χ3n) is 3.80. The molecule has 0 aliphatic carbocycles. The summed E-state index contributed by atoms with van der Waals surface area (Å²) in [6, 6.07) is 0. The van der Waals surface area contributed by atoms with E-state index in [1.54, 1.807) is 0 Å². The van der Waals surface area contributed by atoms with Crippen molar-refractivity contribution in [2.45, 2.75) is 50.0 Å². The van der Waals surface area contributed by atoms with Gasteiger partial charge in [-0.2, -0.15) is 0 Å². The van der Waals surface area contributed by atoms with Gasteiger partial charge in [-0.05, 0) is 5.92 Å². The van der Waals surface area contributed by atoms with Gasteiger partial charge in [-0.3, -0.25) is 4.52 Å². The van der Waals surface area contributed by atoms with Crippen molar-refractivity contribution in [2.24, 2.45) is 4.76 Å². The molecule has 0 aromatic heterocycles. The van der Waals surface area contributed by atoms with E-state index in [2.05, 4.69) is 55.9 Å². The molecule has 1 aliphatic rings. The molecule has 6 nitrogen and oxygen atoms in total. The summed E-state index contributed by atoms with van der Waals surface area (Å²) in [6.45, 7) is 14.2. The Morgan fingerprint density at radius 1 is 1.20 bits per heavy atom. The van der Waals surface area contributed by atoms with Gasteiger partial charge in [-0.15, -0.1) is 0 Å². The molecule has 0 saturated heterocycles. The third kappa shape index (κ3) is 5.14. The quantitative estimate of drug-likeness (QED) is 0.238. The molecule has 0 amide bonds. The topological polar surface area (TPSA) is 60.4 Å². The minimum atomic E-state index is -1.53. The van der Waals surface area contributed by atoms with E-state index in [4.69, 9.17) is 14.0 Å². The van der Waals surface area contributed by atoms with Gasteiger partial charge in [0.2, 0.25) is 0 Å². The molecule has 2 unspecified atom stereocenters. The summed E-state index contributed by atoms with van der Waals surface area (Å²) in [6.07, 6.45) is 0. The van der Waals surface area contributed by atoms with Crippen molar-refractivity contribution in [1.29, 1.82) is 0 Å². The minimum Gasteiger partial charge on any atom is -0.459 e. The third-order valence-corrected chi connectivity index (χ3v) is 19.5. The molecule has 0 bridgehead atoms. The number of carbonyl (C=O) groups is 1. The minimum absolute atomic E-state index is 0.446. The lowest BCUT2D eigenvalue weighted by Crippen LogP contribution is -2.53. The number of hydrogen-bond acceptors (Lipinski definition) is 6. The maximum Gasteiger partial charge on any atom is 0.384 e. The second kappa shape index (κ2) is 7.89. The second-order valence-corrected chi connectivity index (χ2v) is 22.1. The number of amidine groups is 1. The Bertz CT molecular complexity index is 588. The van der Waals surface area contributed by atoms with Crippen LogP contribution in [0.5, 0.6) is 0 Å². The van der Waals surface area contributed by atoms with Gasteiger partial charge in [0, 0.05) is 32.0 Å². The highest BCUT2D eigenvalue weighted by Gasteiger charge is 2.54. The maximum absolute atomic E-state index is 11.5. The smallest absolute Gasteiger partial charge is 0.384 e. The zero-order chi connectivity index (χ0) is 19.6. The number of ether oxygens (including phenoxy) is 2. The predicted molar refractivity (Wildman–Crippen MR) is 109 cm³/mol. The SMILES string of the molecule is COC(=O)C#CC1(OC)OP(C([Si](C)(C)C)[Si](C)(C)C)N=C1N(C)C. The maximum atomic E-state index is 11.5. The van der Waals surface area contributed by atoms with Crippen LogP contribution in [0.4, 0.5) is 0 Å². The van der Waals surface area contributed by atoms with E-state index in [0.29, 0.717) is 10.7 Å². The summed E-state index contributed by atoms with van der Waals surface area (Å²) < 4.78 is 21.6. The van der Waals surface area contributed by atoms with Crippen LogP contribution in [-0.4, -0.2) is 71.9 Å². The lowest BCUT2D eigenvalue weighted by molar-refractivity contribution is -0.133. The first-order valence-corrected chi connectivity index (χ1v) is 16.6. The molecule has 1 aliphatic heterocycles. The van der Waals surface area contributed by atoms with Gasteiger partial charge in [0.25, 0.3) is 5.79 Å². The lowest BCUT2D eigenvalue weighted by Gasteiger charge is -2.40. The second-order valence-electron chi connectivity index (χ2n) is 8.41. The van der Waals surface area contributed by atoms with Gasteiger partial charge < -0.3 is 14.4 Å². The number of nitrogens with zero attached hydrogens (tertiary/aromatic N) is 2.